The number of carboxylic acid groups (broad SMARTS) is 1. The number of rotatable bonds is 4. The Kier molecular flexibility index (Phi) is 5.02. The van der Waals surface area contributed by atoms with E-state index in [0.29, 0.717) is 10.7 Å². The second kappa shape index (κ2) is 6.07. The van der Waals surface area contributed by atoms with Crippen LogP contribution in [0, 0.1) is 5.92 Å². The lowest BCUT2D eigenvalue weighted by atomic mass is 9.97. The molecule has 0 bridgehead atoms. The van der Waals surface area contributed by atoms with Crippen LogP contribution in [0.3, 0.4) is 0 Å². The molecule has 94 valence electrons. The van der Waals surface area contributed by atoms with Gasteiger partial charge in [0.15, 0.2) is 0 Å². The molecule has 1 heterocycles. The van der Waals surface area contributed by atoms with E-state index in [1.807, 2.05) is 13.8 Å². The zero-order valence-corrected chi connectivity index (χ0v) is 11.1. The molecule has 6 heteroatoms. The highest BCUT2D eigenvalue weighted by atomic mass is 35.5. The van der Waals surface area contributed by atoms with Crippen LogP contribution in [0.1, 0.15) is 31.1 Å². The van der Waals surface area contributed by atoms with Gasteiger partial charge in [-0.2, -0.15) is 0 Å². The monoisotopic (exact) mass is 276 g/mol. The predicted molar refractivity (Wildman–Crippen MR) is 67.5 cm³/mol. The fourth-order valence-electron chi connectivity index (χ4n) is 1.56. The second-order valence-corrected chi connectivity index (χ2v) is 4.71. The third-order valence-electron chi connectivity index (χ3n) is 2.35. The van der Waals surface area contributed by atoms with Gasteiger partial charge in [-0.3, -0.25) is 4.98 Å². The van der Waals surface area contributed by atoms with Crippen LogP contribution in [0.2, 0.25) is 5.02 Å². The molecule has 1 aromatic rings. The molecular formula is C11H14Cl2N2O2. The topological polar surface area (TPSA) is 62.2 Å². The van der Waals surface area contributed by atoms with Gasteiger partial charge in [-0.05, 0) is 17.5 Å². The Balaban J connectivity index is 3.13. The standard InChI is InChI=1S/C11H14Cl2N2O2/c1-6(2)9(15-11(16)17)10-7(4-12)3-8(13)5-14-10/h3,5-6,9,15H,4H2,1-2H3,(H,16,17). The average molecular weight is 277 g/mol. The molecule has 0 spiro atoms. The van der Waals surface area contributed by atoms with Crippen LogP contribution in [0.15, 0.2) is 12.3 Å². The van der Waals surface area contributed by atoms with Crippen molar-refractivity contribution in [3.05, 3.63) is 28.5 Å². The largest absolute Gasteiger partial charge is 0.465 e. The summed E-state index contributed by atoms with van der Waals surface area (Å²) in [6.45, 7) is 3.82. The molecule has 1 amide bonds. The van der Waals surface area contributed by atoms with E-state index in [1.165, 1.54) is 6.20 Å². The molecule has 0 aliphatic heterocycles. The number of amides is 1. The van der Waals surface area contributed by atoms with Crippen molar-refractivity contribution in [2.24, 2.45) is 5.92 Å². The summed E-state index contributed by atoms with van der Waals surface area (Å²) in [5, 5.41) is 11.7. The van der Waals surface area contributed by atoms with Gasteiger partial charge in [-0.15, -0.1) is 11.6 Å². The first-order valence-electron chi connectivity index (χ1n) is 5.15. The summed E-state index contributed by atoms with van der Waals surface area (Å²) in [5.41, 5.74) is 1.37. The van der Waals surface area contributed by atoms with Gasteiger partial charge in [0.2, 0.25) is 0 Å². The summed E-state index contributed by atoms with van der Waals surface area (Å²) in [6.07, 6.45) is 0.409. The van der Waals surface area contributed by atoms with Crippen molar-refractivity contribution in [2.75, 3.05) is 0 Å². The van der Waals surface area contributed by atoms with E-state index in [2.05, 4.69) is 10.3 Å². The maximum absolute atomic E-state index is 10.8. The van der Waals surface area contributed by atoms with E-state index in [9.17, 15) is 4.79 Å². The van der Waals surface area contributed by atoms with Crippen LogP contribution in [0.5, 0.6) is 0 Å². The summed E-state index contributed by atoms with van der Waals surface area (Å²) >= 11 is 11.6. The van der Waals surface area contributed by atoms with Crippen molar-refractivity contribution < 1.29 is 9.90 Å². The number of nitrogens with zero attached hydrogens (tertiary/aromatic N) is 1. The van der Waals surface area contributed by atoms with Crippen LogP contribution < -0.4 is 5.32 Å². The highest BCUT2D eigenvalue weighted by Gasteiger charge is 2.22. The number of hydrogen-bond acceptors (Lipinski definition) is 2. The molecule has 4 nitrogen and oxygen atoms in total. The second-order valence-electron chi connectivity index (χ2n) is 4.00. The Morgan fingerprint density at radius 1 is 1.59 bits per heavy atom. The zero-order valence-electron chi connectivity index (χ0n) is 9.58. The van der Waals surface area contributed by atoms with E-state index >= 15 is 0 Å². The quantitative estimate of drug-likeness (QED) is 0.829. The lowest BCUT2D eigenvalue weighted by Crippen LogP contribution is -2.31. The summed E-state index contributed by atoms with van der Waals surface area (Å²) in [4.78, 5) is 14.9. The normalized spacial score (nSPS) is 12.5. The minimum atomic E-state index is -1.08. The summed E-state index contributed by atoms with van der Waals surface area (Å²) < 4.78 is 0. The van der Waals surface area contributed by atoms with Crippen LogP contribution >= 0.6 is 23.2 Å². The Morgan fingerprint density at radius 3 is 2.71 bits per heavy atom. The van der Waals surface area contributed by atoms with Gasteiger partial charge in [0.1, 0.15) is 0 Å². The Hall–Kier alpha value is -1.000. The van der Waals surface area contributed by atoms with Gasteiger partial charge in [0.05, 0.1) is 16.8 Å². The third kappa shape index (κ3) is 3.75. The van der Waals surface area contributed by atoms with Crippen molar-refractivity contribution in [3.63, 3.8) is 0 Å². The highest BCUT2D eigenvalue weighted by Crippen LogP contribution is 2.26. The van der Waals surface area contributed by atoms with E-state index in [-0.39, 0.29) is 11.8 Å². The predicted octanol–water partition coefficient (Wildman–Crippen LogP) is 3.44. The van der Waals surface area contributed by atoms with Crippen LogP contribution in [-0.2, 0) is 5.88 Å². The van der Waals surface area contributed by atoms with Gasteiger partial charge in [-0.1, -0.05) is 25.4 Å². The minimum Gasteiger partial charge on any atom is -0.465 e. The maximum Gasteiger partial charge on any atom is 0.405 e. The first-order chi connectivity index (χ1) is 7.95. The summed E-state index contributed by atoms with van der Waals surface area (Å²) in [7, 11) is 0. The smallest absolute Gasteiger partial charge is 0.405 e. The molecule has 17 heavy (non-hydrogen) atoms. The van der Waals surface area contributed by atoms with E-state index < -0.39 is 12.1 Å². The van der Waals surface area contributed by atoms with Crippen LogP contribution in [-0.4, -0.2) is 16.2 Å². The van der Waals surface area contributed by atoms with Gasteiger partial charge in [0, 0.05) is 12.1 Å². The third-order valence-corrected chi connectivity index (χ3v) is 2.85. The van der Waals surface area contributed by atoms with E-state index in [0.717, 1.165) is 5.56 Å². The fraction of sp³-hybridized carbons (Fsp3) is 0.455. The van der Waals surface area contributed by atoms with Crippen LogP contribution in [0.4, 0.5) is 4.79 Å². The lowest BCUT2D eigenvalue weighted by molar-refractivity contribution is 0.185. The molecule has 0 saturated carbocycles. The fourth-order valence-corrected chi connectivity index (χ4v) is 1.96. The van der Waals surface area contributed by atoms with Crippen molar-refractivity contribution in [1.29, 1.82) is 0 Å². The van der Waals surface area contributed by atoms with Gasteiger partial charge < -0.3 is 10.4 Å². The molecule has 1 aromatic heterocycles. The molecule has 1 rings (SSSR count). The van der Waals surface area contributed by atoms with Crippen molar-refractivity contribution in [2.45, 2.75) is 25.8 Å². The molecule has 1 unspecified atom stereocenters. The summed E-state index contributed by atoms with van der Waals surface area (Å²) in [6, 6.07) is 1.31. The molecular weight excluding hydrogens is 263 g/mol. The summed E-state index contributed by atoms with van der Waals surface area (Å²) in [5.74, 6) is 0.315. The Labute approximate surface area is 110 Å². The van der Waals surface area contributed by atoms with E-state index in [4.69, 9.17) is 28.3 Å². The molecule has 0 saturated heterocycles. The molecule has 2 N–H and O–H groups in total. The molecule has 0 radical (unpaired) electrons. The number of alkyl halides is 1. The number of halogens is 2. The minimum absolute atomic E-state index is 0.0711. The van der Waals surface area contributed by atoms with Gasteiger partial charge >= 0.3 is 6.09 Å². The first kappa shape index (κ1) is 14.1. The Bertz CT molecular complexity index is 410. The number of pyridine rings is 1. The average Bonchev–Trinajstić information content (AvgIpc) is 2.25. The number of carbonyl (C=O) groups is 1. The van der Waals surface area contributed by atoms with E-state index in [1.54, 1.807) is 6.07 Å². The zero-order chi connectivity index (χ0) is 13.0. The molecule has 0 aromatic carbocycles. The lowest BCUT2D eigenvalue weighted by Gasteiger charge is -2.22. The van der Waals surface area contributed by atoms with Crippen molar-refractivity contribution in [3.8, 4) is 0 Å². The Morgan fingerprint density at radius 2 is 2.24 bits per heavy atom. The van der Waals surface area contributed by atoms with Crippen molar-refractivity contribution >= 4 is 29.3 Å². The number of aromatic nitrogens is 1. The molecule has 1 atom stereocenters. The number of hydrogen-bond donors (Lipinski definition) is 2. The van der Waals surface area contributed by atoms with Crippen molar-refractivity contribution in [1.82, 2.24) is 10.3 Å². The molecule has 0 aliphatic carbocycles. The van der Waals surface area contributed by atoms with Crippen LogP contribution in [0.25, 0.3) is 0 Å². The molecule has 0 fully saturated rings. The number of nitrogens with one attached hydrogen (secondary N) is 1. The first-order valence-corrected chi connectivity index (χ1v) is 6.06. The SMILES string of the molecule is CC(C)C(NC(=O)O)c1ncc(Cl)cc1CCl. The van der Waals surface area contributed by atoms with Gasteiger partial charge in [0.25, 0.3) is 0 Å². The van der Waals surface area contributed by atoms with Gasteiger partial charge in [-0.25, -0.2) is 4.79 Å². The maximum atomic E-state index is 10.8. The molecule has 0 aliphatic rings. The highest BCUT2D eigenvalue weighted by molar-refractivity contribution is 6.30.